The van der Waals surface area contributed by atoms with Crippen LogP contribution in [0.2, 0.25) is 0 Å². The van der Waals surface area contributed by atoms with Crippen molar-refractivity contribution in [3.05, 3.63) is 0 Å². The number of carbonyl (C=O) groups is 2. The van der Waals surface area contributed by atoms with Gasteiger partial charge in [-0.2, -0.15) is 0 Å². The van der Waals surface area contributed by atoms with Gasteiger partial charge in [0.1, 0.15) is 25.4 Å². The molecule has 248 valence electrons. The molecule has 8 heteroatoms. The Morgan fingerprint density at radius 1 is 0.750 bits per heavy atom. The van der Waals surface area contributed by atoms with E-state index in [1.165, 1.54) is 12.8 Å². The lowest BCUT2D eigenvalue weighted by Gasteiger charge is -2.50. The van der Waals surface area contributed by atoms with Crippen LogP contribution in [0.5, 0.6) is 0 Å². The van der Waals surface area contributed by atoms with Gasteiger partial charge in [0.25, 0.3) is 0 Å². The third-order valence-corrected chi connectivity index (χ3v) is 13.3. The van der Waals surface area contributed by atoms with Gasteiger partial charge < -0.3 is 29.2 Å². The average Bonchev–Trinajstić information content (AvgIpc) is 3.32. The summed E-state index contributed by atoms with van der Waals surface area (Å²) in [6, 6.07) is 0. The number of rotatable bonds is 6. The molecule has 1 heterocycles. The van der Waals surface area contributed by atoms with E-state index in [0.717, 1.165) is 83.5 Å². The van der Waals surface area contributed by atoms with Gasteiger partial charge in [-0.25, -0.2) is 0 Å². The summed E-state index contributed by atoms with van der Waals surface area (Å²) in [5.41, 5.74) is -2.93. The van der Waals surface area contributed by atoms with Gasteiger partial charge in [-0.15, -0.1) is 0 Å². The van der Waals surface area contributed by atoms with Crippen LogP contribution in [-0.2, 0) is 28.5 Å². The monoisotopic (exact) mass is 616 g/mol. The van der Waals surface area contributed by atoms with Crippen molar-refractivity contribution in [2.24, 2.45) is 40.4 Å². The highest BCUT2D eigenvalue weighted by Gasteiger charge is 2.60. The number of esters is 2. The minimum absolute atomic E-state index is 0.0479. The van der Waals surface area contributed by atoms with Gasteiger partial charge in [-0.05, 0) is 108 Å². The predicted molar refractivity (Wildman–Crippen MR) is 162 cm³/mol. The van der Waals surface area contributed by atoms with Gasteiger partial charge in [0.05, 0.1) is 22.0 Å². The maximum atomic E-state index is 13.8. The summed E-state index contributed by atoms with van der Waals surface area (Å²) in [5.74, 6) is 0.534. The molecule has 0 aromatic carbocycles. The van der Waals surface area contributed by atoms with Crippen LogP contribution in [0, 0.1) is 40.4 Å². The molecule has 0 aromatic rings. The van der Waals surface area contributed by atoms with E-state index in [1.807, 2.05) is 6.92 Å². The van der Waals surface area contributed by atoms with Crippen molar-refractivity contribution in [1.29, 1.82) is 0 Å². The summed E-state index contributed by atoms with van der Waals surface area (Å²) in [4.78, 5) is 27.5. The highest BCUT2D eigenvalue weighted by Crippen LogP contribution is 2.56. The summed E-state index contributed by atoms with van der Waals surface area (Å²) < 4.78 is 25.9. The molecule has 44 heavy (non-hydrogen) atoms. The van der Waals surface area contributed by atoms with Crippen molar-refractivity contribution in [1.82, 2.24) is 0 Å². The van der Waals surface area contributed by atoms with E-state index in [1.54, 1.807) is 0 Å². The number of hydrogen-bond acceptors (Lipinski definition) is 8. The second-order valence-electron chi connectivity index (χ2n) is 17.3. The van der Waals surface area contributed by atoms with Crippen molar-refractivity contribution < 1.29 is 38.7 Å². The molecule has 7 aliphatic rings. The van der Waals surface area contributed by atoms with Crippen LogP contribution >= 0.6 is 0 Å². The van der Waals surface area contributed by atoms with Crippen LogP contribution in [-0.4, -0.2) is 64.6 Å². The van der Waals surface area contributed by atoms with Crippen LogP contribution in [0.3, 0.4) is 0 Å². The molecule has 0 amide bonds. The Bertz CT molecular complexity index is 1130. The molecule has 7 fully saturated rings. The van der Waals surface area contributed by atoms with E-state index in [-0.39, 0.29) is 42.9 Å². The van der Waals surface area contributed by atoms with Crippen molar-refractivity contribution in [3.8, 4) is 0 Å². The maximum Gasteiger partial charge on any atom is 0.312 e. The van der Waals surface area contributed by atoms with Gasteiger partial charge in [-0.3, -0.25) is 9.59 Å². The fourth-order valence-electron chi connectivity index (χ4n) is 11.9. The zero-order chi connectivity index (χ0) is 31.0. The fourth-order valence-corrected chi connectivity index (χ4v) is 11.9. The molecular weight excluding hydrogens is 560 g/mol. The SMILES string of the molecule is CC1CC2(O)CCCC(C(=O)OCC3OC4(OC3COC(=O)C3(C)CC5CCCC(O)(C5)C3)C(C)CC3CCCC4C3)(C1)C2. The molecule has 0 radical (unpaired) electrons. The van der Waals surface area contributed by atoms with Crippen LogP contribution in [0.1, 0.15) is 130 Å². The molecule has 0 aromatic heterocycles. The summed E-state index contributed by atoms with van der Waals surface area (Å²) in [6.07, 6.45) is 13.6. The first kappa shape index (κ1) is 31.4. The van der Waals surface area contributed by atoms with E-state index in [2.05, 4.69) is 13.8 Å². The molecule has 12 unspecified atom stereocenters. The normalized spacial score (nSPS) is 51.5. The number of ether oxygens (including phenoxy) is 4. The quantitative estimate of drug-likeness (QED) is 0.358. The van der Waals surface area contributed by atoms with Crippen molar-refractivity contribution in [3.63, 3.8) is 0 Å². The van der Waals surface area contributed by atoms with E-state index >= 15 is 0 Å². The largest absolute Gasteiger partial charge is 0.462 e. The summed E-state index contributed by atoms with van der Waals surface area (Å²) in [5, 5.41) is 22.4. The Balaban J connectivity index is 1.07. The third-order valence-electron chi connectivity index (χ3n) is 13.3. The summed E-state index contributed by atoms with van der Waals surface area (Å²) in [7, 11) is 0. The molecule has 8 nitrogen and oxygen atoms in total. The number of aliphatic hydroxyl groups is 2. The number of fused-ring (bicyclic) bond motifs is 7. The summed E-state index contributed by atoms with van der Waals surface area (Å²) >= 11 is 0. The first-order chi connectivity index (χ1) is 20.8. The van der Waals surface area contributed by atoms with Crippen molar-refractivity contribution >= 4 is 11.9 Å². The lowest BCUT2D eigenvalue weighted by atomic mass is 9.57. The van der Waals surface area contributed by atoms with Gasteiger partial charge in [0.15, 0.2) is 5.79 Å². The molecule has 1 spiro atoms. The van der Waals surface area contributed by atoms with Gasteiger partial charge in [0, 0.05) is 11.8 Å². The fraction of sp³-hybridized carbons (Fsp3) is 0.944. The van der Waals surface area contributed by atoms with E-state index in [4.69, 9.17) is 18.9 Å². The predicted octanol–water partition coefficient (Wildman–Crippen LogP) is 5.84. The van der Waals surface area contributed by atoms with Crippen molar-refractivity contribution in [2.75, 3.05) is 13.2 Å². The number of hydrogen-bond donors (Lipinski definition) is 2. The minimum atomic E-state index is -0.779. The van der Waals surface area contributed by atoms with E-state index in [9.17, 15) is 19.8 Å². The standard InChI is InChI=1S/C36H56O8/c1-23-15-33(10-6-12-34(39,16-23)22-33)31(38)42-20-29-28(43-36(44-29)24(2)13-25-7-4-9-27(36)14-25)19-41-30(37)32(3)17-26-8-5-11-35(40,18-26)21-32/h23-29,39-40H,4-22H2,1-3H3. The lowest BCUT2D eigenvalue weighted by molar-refractivity contribution is -0.272. The Morgan fingerprint density at radius 2 is 1.43 bits per heavy atom. The Kier molecular flexibility index (Phi) is 7.98. The first-order valence-corrected chi connectivity index (χ1v) is 18.0. The smallest absolute Gasteiger partial charge is 0.312 e. The second kappa shape index (κ2) is 11.2. The lowest BCUT2D eigenvalue weighted by Crippen LogP contribution is -2.52. The summed E-state index contributed by atoms with van der Waals surface area (Å²) in [6.45, 7) is 6.40. The highest BCUT2D eigenvalue weighted by atomic mass is 16.8. The van der Waals surface area contributed by atoms with Crippen LogP contribution in [0.25, 0.3) is 0 Å². The zero-order valence-electron chi connectivity index (χ0n) is 27.3. The van der Waals surface area contributed by atoms with Crippen molar-refractivity contribution in [2.45, 2.75) is 159 Å². The Hall–Kier alpha value is -1.22. The molecule has 6 saturated carbocycles. The average molecular weight is 617 g/mol. The molecule has 6 bridgehead atoms. The zero-order valence-corrected chi connectivity index (χ0v) is 27.3. The maximum absolute atomic E-state index is 13.8. The molecule has 7 rings (SSSR count). The minimum Gasteiger partial charge on any atom is -0.462 e. The van der Waals surface area contributed by atoms with Gasteiger partial charge >= 0.3 is 11.9 Å². The van der Waals surface area contributed by atoms with E-state index in [0.29, 0.717) is 24.7 Å². The van der Waals surface area contributed by atoms with Crippen LogP contribution in [0.15, 0.2) is 0 Å². The molecule has 1 saturated heterocycles. The second-order valence-corrected chi connectivity index (χ2v) is 17.3. The molecule has 1 aliphatic heterocycles. The van der Waals surface area contributed by atoms with E-state index < -0.39 is 40.0 Å². The number of carbonyl (C=O) groups excluding carboxylic acids is 2. The van der Waals surface area contributed by atoms with Gasteiger partial charge in [-0.1, -0.05) is 39.5 Å². The first-order valence-electron chi connectivity index (χ1n) is 18.0. The highest BCUT2D eigenvalue weighted by molar-refractivity contribution is 5.78. The topological polar surface area (TPSA) is 112 Å². The molecule has 2 N–H and O–H groups in total. The Morgan fingerprint density at radius 3 is 2.18 bits per heavy atom. The van der Waals surface area contributed by atoms with Crippen LogP contribution < -0.4 is 0 Å². The molecular formula is C36H56O8. The Labute approximate surface area is 263 Å². The molecule has 12 atom stereocenters. The van der Waals surface area contributed by atoms with Gasteiger partial charge in [0.2, 0.25) is 0 Å². The van der Waals surface area contributed by atoms with Crippen LogP contribution in [0.4, 0.5) is 0 Å². The third kappa shape index (κ3) is 5.56. The molecule has 6 aliphatic carbocycles.